The van der Waals surface area contributed by atoms with Crippen LogP contribution >= 0.6 is 11.8 Å². The van der Waals surface area contributed by atoms with Crippen LogP contribution in [-0.2, 0) is 4.79 Å². The van der Waals surface area contributed by atoms with Gasteiger partial charge in [-0.25, -0.2) is 0 Å². The van der Waals surface area contributed by atoms with E-state index in [4.69, 9.17) is 5.73 Å². The lowest BCUT2D eigenvalue weighted by atomic mass is 10.2. The topological polar surface area (TPSA) is 58.4 Å². The number of nitrogens with two attached hydrogens (primary N) is 1. The van der Waals surface area contributed by atoms with Crippen molar-refractivity contribution in [3.63, 3.8) is 0 Å². The summed E-state index contributed by atoms with van der Waals surface area (Å²) < 4.78 is 0. The Bertz CT molecular complexity index is 466. The second-order valence-electron chi connectivity index (χ2n) is 5.15. The molecule has 1 aromatic carbocycles. The molecule has 3 N–H and O–H groups in total. The molecular formula is C15H23N3OS. The molecule has 1 aliphatic rings. The lowest BCUT2D eigenvalue weighted by Crippen LogP contribution is -2.48. The van der Waals surface area contributed by atoms with Gasteiger partial charge < -0.3 is 11.1 Å². The SMILES string of the molecule is CCC1CN(C(C)C(=O)Nc2ccccc2N)CCS1. The van der Waals surface area contributed by atoms with Crippen LogP contribution in [-0.4, -0.2) is 40.9 Å². The van der Waals surface area contributed by atoms with E-state index in [0.29, 0.717) is 16.6 Å². The third-order valence-corrected chi connectivity index (χ3v) is 5.14. The van der Waals surface area contributed by atoms with Crippen molar-refractivity contribution in [1.82, 2.24) is 4.90 Å². The highest BCUT2D eigenvalue weighted by Crippen LogP contribution is 2.23. The molecule has 2 unspecified atom stereocenters. The Morgan fingerprint density at radius 2 is 2.30 bits per heavy atom. The molecular weight excluding hydrogens is 270 g/mol. The van der Waals surface area contributed by atoms with Gasteiger partial charge in [-0.05, 0) is 25.5 Å². The largest absolute Gasteiger partial charge is 0.397 e. The number of hydrogen-bond donors (Lipinski definition) is 2. The fourth-order valence-electron chi connectivity index (χ4n) is 2.35. The van der Waals surface area contributed by atoms with E-state index in [1.165, 1.54) is 0 Å². The molecule has 1 saturated heterocycles. The molecule has 2 rings (SSSR count). The summed E-state index contributed by atoms with van der Waals surface area (Å²) in [5.41, 5.74) is 7.16. The third-order valence-electron chi connectivity index (χ3n) is 3.77. The highest BCUT2D eigenvalue weighted by Gasteiger charge is 2.27. The number of nitrogens with zero attached hydrogens (tertiary/aromatic N) is 1. The zero-order chi connectivity index (χ0) is 14.5. The Kier molecular flexibility index (Phi) is 5.31. The minimum atomic E-state index is -0.121. The summed E-state index contributed by atoms with van der Waals surface area (Å²) in [5.74, 6) is 1.12. The number of nitrogens with one attached hydrogen (secondary N) is 1. The van der Waals surface area contributed by atoms with E-state index in [1.54, 1.807) is 6.07 Å². The number of benzene rings is 1. The van der Waals surface area contributed by atoms with E-state index in [0.717, 1.165) is 25.3 Å². The third kappa shape index (κ3) is 3.67. The standard InChI is InChI=1S/C15H23N3OS/c1-3-12-10-18(8-9-20-12)11(2)15(19)17-14-7-5-4-6-13(14)16/h4-7,11-12H,3,8-10,16H2,1-2H3,(H,17,19). The summed E-state index contributed by atoms with van der Waals surface area (Å²) in [6.45, 7) is 6.13. The highest BCUT2D eigenvalue weighted by molar-refractivity contribution is 8.00. The summed E-state index contributed by atoms with van der Waals surface area (Å²) in [4.78, 5) is 14.6. The van der Waals surface area contributed by atoms with Gasteiger partial charge in [-0.3, -0.25) is 9.69 Å². The molecule has 5 heteroatoms. The van der Waals surface area contributed by atoms with Crippen molar-refractivity contribution in [3.05, 3.63) is 24.3 Å². The molecule has 20 heavy (non-hydrogen) atoms. The Morgan fingerprint density at radius 1 is 1.55 bits per heavy atom. The normalized spacial score (nSPS) is 21.4. The molecule has 1 amide bonds. The Morgan fingerprint density at radius 3 is 3.00 bits per heavy atom. The van der Waals surface area contributed by atoms with E-state index in [2.05, 4.69) is 17.1 Å². The maximum absolute atomic E-state index is 12.3. The molecule has 0 aromatic heterocycles. The van der Waals surface area contributed by atoms with Crippen LogP contribution in [0, 0.1) is 0 Å². The number of para-hydroxylation sites is 2. The minimum absolute atomic E-state index is 0.0182. The smallest absolute Gasteiger partial charge is 0.241 e. The van der Waals surface area contributed by atoms with Gasteiger partial charge in [0.15, 0.2) is 0 Å². The predicted octanol–water partition coefficient (Wildman–Crippen LogP) is 2.42. The first-order valence-corrected chi connectivity index (χ1v) is 8.17. The fourth-order valence-corrected chi connectivity index (χ4v) is 3.56. The summed E-state index contributed by atoms with van der Waals surface area (Å²) in [6, 6.07) is 7.25. The summed E-state index contributed by atoms with van der Waals surface area (Å²) in [6.07, 6.45) is 1.15. The molecule has 2 atom stereocenters. The number of rotatable bonds is 4. The number of hydrogen-bond acceptors (Lipinski definition) is 4. The average Bonchev–Trinajstić information content (AvgIpc) is 2.48. The van der Waals surface area contributed by atoms with Gasteiger partial charge >= 0.3 is 0 Å². The van der Waals surface area contributed by atoms with E-state index in [1.807, 2.05) is 36.9 Å². The van der Waals surface area contributed by atoms with E-state index < -0.39 is 0 Å². The van der Waals surface area contributed by atoms with Crippen LogP contribution in [0.4, 0.5) is 11.4 Å². The first-order chi connectivity index (χ1) is 9.61. The highest BCUT2D eigenvalue weighted by atomic mass is 32.2. The summed E-state index contributed by atoms with van der Waals surface area (Å²) in [5, 5.41) is 3.57. The van der Waals surface area contributed by atoms with Crippen LogP contribution in [0.1, 0.15) is 20.3 Å². The number of amides is 1. The molecule has 0 bridgehead atoms. The molecule has 1 heterocycles. The zero-order valence-electron chi connectivity index (χ0n) is 12.1. The number of carbonyl (C=O) groups is 1. The van der Waals surface area contributed by atoms with Gasteiger partial charge in [0.2, 0.25) is 5.91 Å². The van der Waals surface area contributed by atoms with Crippen molar-refractivity contribution in [2.24, 2.45) is 0 Å². The molecule has 110 valence electrons. The lowest BCUT2D eigenvalue weighted by molar-refractivity contribution is -0.120. The van der Waals surface area contributed by atoms with Crippen LogP contribution in [0.5, 0.6) is 0 Å². The van der Waals surface area contributed by atoms with Crippen molar-refractivity contribution in [1.29, 1.82) is 0 Å². The van der Waals surface area contributed by atoms with Gasteiger partial charge in [0.25, 0.3) is 0 Å². The van der Waals surface area contributed by atoms with Crippen LogP contribution in [0.2, 0.25) is 0 Å². The molecule has 1 fully saturated rings. The van der Waals surface area contributed by atoms with Crippen LogP contribution in [0.25, 0.3) is 0 Å². The van der Waals surface area contributed by atoms with Crippen molar-refractivity contribution in [3.8, 4) is 0 Å². The van der Waals surface area contributed by atoms with E-state index >= 15 is 0 Å². The Hall–Kier alpha value is -1.20. The number of carbonyl (C=O) groups excluding carboxylic acids is 1. The van der Waals surface area contributed by atoms with Gasteiger partial charge in [0, 0.05) is 24.1 Å². The molecule has 1 aliphatic heterocycles. The van der Waals surface area contributed by atoms with Crippen molar-refractivity contribution in [2.75, 3.05) is 29.9 Å². The first-order valence-electron chi connectivity index (χ1n) is 7.12. The molecule has 0 radical (unpaired) electrons. The molecule has 0 aliphatic carbocycles. The maximum Gasteiger partial charge on any atom is 0.241 e. The zero-order valence-corrected chi connectivity index (χ0v) is 13.0. The average molecular weight is 293 g/mol. The van der Waals surface area contributed by atoms with Gasteiger partial charge in [0.1, 0.15) is 0 Å². The Balaban J connectivity index is 1.96. The van der Waals surface area contributed by atoms with Crippen LogP contribution in [0.15, 0.2) is 24.3 Å². The minimum Gasteiger partial charge on any atom is -0.397 e. The van der Waals surface area contributed by atoms with Gasteiger partial charge in [-0.1, -0.05) is 19.1 Å². The molecule has 4 nitrogen and oxygen atoms in total. The van der Waals surface area contributed by atoms with Crippen molar-refractivity contribution < 1.29 is 4.79 Å². The number of anilines is 2. The maximum atomic E-state index is 12.3. The molecule has 1 aromatic rings. The second kappa shape index (κ2) is 6.99. The van der Waals surface area contributed by atoms with Gasteiger partial charge in [0.05, 0.1) is 17.4 Å². The quantitative estimate of drug-likeness (QED) is 0.837. The molecule has 0 saturated carbocycles. The van der Waals surface area contributed by atoms with E-state index in [9.17, 15) is 4.79 Å². The lowest BCUT2D eigenvalue weighted by Gasteiger charge is -2.35. The van der Waals surface area contributed by atoms with Crippen molar-refractivity contribution in [2.45, 2.75) is 31.6 Å². The van der Waals surface area contributed by atoms with Gasteiger partial charge in [-0.15, -0.1) is 0 Å². The van der Waals surface area contributed by atoms with Gasteiger partial charge in [-0.2, -0.15) is 11.8 Å². The summed E-state index contributed by atoms with van der Waals surface area (Å²) >= 11 is 2.01. The number of thioether (sulfide) groups is 1. The molecule has 0 spiro atoms. The second-order valence-corrected chi connectivity index (χ2v) is 6.56. The first kappa shape index (κ1) is 15.2. The summed E-state index contributed by atoms with van der Waals surface area (Å²) in [7, 11) is 0. The van der Waals surface area contributed by atoms with Crippen LogP contribution < -0.4 is 11.1 Å². The van der Waals surface area contributed by atoms with Crippen LogP contribution in [0.3, 0.4) is 0 Å². The van der Waals surface area contributed by atoms with E-state index in [-0.39, 0.29) is 11.9 Å². The fraction of sp³-hybridized carbons (Fsp3) is 0.533. The Labute approximate surface area is 125 Å². The monoisotopic (exact) mass is 293 g/mol. The number of nitrogen functional groups attached to an aromatic ring is 1. The predicted molar refractivity (Wildman–Crippen MR) is 87.1 cm³/mol. The van der Waals surface area contributed by atoms with Crippen molar-refractivity contribution >= 4 is 29.0 Å².